The molecule has 0 saturated heterocycles. The summed E-state index contributed by atoms with van der Waals surface area (Å²) in [6.45, 7) is 5.09. The van der Waals surface area contributed by atoms with Crippen molar-refractivity contribution in [2.45, 2.75) is 51.0 Å². The highest BCUT2D eigenvalue weighted by Gasteiger charge is 2.21. The van der Waals surface area contributed by atoms with Crippen molar-refractivity contribution in [1.82, 2.24) is 10.0 Å². The molecule has 0 radical (unpaired) electrons. The summed E-state index contributed by atoms with van der Waals surface area (Å²) in [4.78, 5) is 0.409. The Labute approximate surface area is 128 Å². The third-order valence-corrected chi connectivity index (χ3v) is 5.96. The Hall–Kier alpha value is -0.910. The van der Waals surface area contributed by atoms with E-state index in [1.165, 1.54) is 19.3 Å². The Balaban J connectivity index is 2.11. The van der Waals surface area contributed by atoms with Crippen LogP contribution in [0.15, 0.2) is 17.0 Å². The maximum absolute atomic E-state index is 12.5. The van der Waals surface area contributed by atoms with Crippen LogP contribution in [0.4, 0.5) is 0 Å². The van der Waals surface area contributed by atoms with Gasteiger partial charge in [0.25, 0.3) is 0 Å². The zero-order valence-electron chi connectivity index (χ0n) is 13.2. The van der Waals surface area contributed by atoms with Gasteiger partial charge in [-0.15, -0.1) is 0 Å². The molecule has 0 bridgehead atoms. The molecule has 1 aliphatic rings. The summed E-state index contributed by atoms with van der Waals surface area (Å²) >= 11 is 0. The van der Waals surface area contributed by atoms with E-state index in [0.29, 0.717) is 23.9 Å². The van der Waals surface area contributed by atoms with Crippen LogP contribution in [0.1, 0.15) is 42.4 Å². The minimum absolute atomic E-state index is 0.409. The second-order valence-electron chi connectivity index (χ2n) is 6.06. The Morgan fingerprint density at radius 2 is 1.90 bits per heavy atom. The van der Waals surface area contributed by atoms with Gasteiger partial charge in [0.1, 0.15) is 0 Å². The number of benzene rings is 1. The molecule has 118 valence electrons. The molecule has 1 aliphatic carbocycles. The SMILES string of the molecule is CNCc1cc(S(=O)(=O)NCCC2CCC2)c(C)cc1C. The van der Waals surface area contributed by atoms with Crippen molar-refractivity contribution in [3.05, 3.63) is 28.8 Å². The fourth-order valence-electron chi connectivity index (χ4n) is 2.80. The van der Waals surface area contributed by atoms with Crippen molar-refractivity contribution in [3.63, 3.8) is 0 Å². The van der Waals surface area contributed by atoms with Crippen molar-refractivity contribution < 1.29 is 8.42 Å². The summed E-state index contributed by atoms with van der Waals surface area (Å²) in [6, 6.07) is 3.75. The van der Waals surface area contributed by atoms with Gasteiger partial charge in [-0.3, -0.25) is 0 Å². The Morgan fingerprint density at radius 1 is 1.19 bits per heavy atom. The first-order valence-corrected chi connectivity index (χ1v) is 9.16. The lowest BCUT2D eigenvalue weighted by atomic mass is 9.83. The standard InChI is InChI=1S/C16H26N2O2S/c1-12-9-13(2)16(10-15(12)11-17-3)21(19,20)18-8-7-14-5-4-6-14/h9-10,14,17-18H,4-8,11H2,1-3H3. The molecular formula is C16H26N2O2S. The summed E-state index contributed by atoms with van der Waals surface area (Å²) in [5.41, 5.74) is 2.96. The fraction of sp³-hybridized carbons (Fsp3) is 0.625. The van der Waals surface area contributed by atoms with E-state index in [4.69, 9.17) is 0 Å². The van der Waals surface area contributed by atoms with E-state index in [0.717, 1.165) is 23.1 Å². The second-order valence-corrected chi connectivity index (χ2v) is 7.79. The van der Waals surface area contributed by atoms with Crippen molar-refractivity contribution in [2.75, 3.05) is 13.6 Å². The van der Waals surface area contributed by atoms with Crippen molar-refractivity contribution >= 4 is 10.0 Å². The highest BCUT2D eigenvalue weighted by molar-refractivity contribution is 7.89. The molecule has 0 amide bonds. The second kappa shape index (κ2) is 6.90. The molecule has 0 aliphatic heterocycles. The lowest BCUT2D eigenvalue weighted by molar-refractivity contribution is 0.297. The predicted octanol–water partition coefficient (Wildman–Crippen LogP) is 2.49. The Kier molecular flexibility index (Phi) is 5.41. The zero-order valence-corrected chi connectivity index (χ0v) is 14.0. The van der Waals surface area contributed by atoms with Gasteiger partial charge in [0, 0.05) is 13.1 Å². The summed E-state index contributed by atoms with van der Waals surface area (Å²) in [5.74, 6) is 0.715. The molecule has 0 unspecified atom stereocenters. The lowest BCUT2D eigenvalue weighted by Gasteiger charge is -2.25. The Morgan fingerprint density at radius 3 is 2.48 bits per heavy atom. The van der Waals surface area contributed by atoms with Crippen LogP contribution in [0.3, 0.4) is 0 Å². The van der Waals surface area contributed by atoms with Crippen LogP contribution >= 0.6 is 0 Å². The van der Waals surface area contributed by atoms with Gasteiger partial charge in [-0.05, 0) is 56.0 Å². The molecule has 1 aromatic rings. The monoisotopic (exact) mass is 310 g/mol. The minimum atomic E-state index is -3.41. The van der Waals surface area contributed by atoms with Gasteiger partial charge in [0.05, 0.1) is 4.90 Å². The lowest BCUT2D eigenvalue weighted by Crippen LogP contribution is -2.28. The summed E-state index contributed by atoms with van der Waals surface area (Å²) < 4.78 is 27.7. The predicted molar refractivity (Wildman–Crippen MR) is 85.8 cm³/mol. The fourth-order valence-corrected chi connectivity index (χ4v) is 4.12. The molecule has 21 heavy (non-hydrogen) atoms. The molecule has 1 aromatic carbocycles. The van der Waals surface area contributed by atoms with Gasteiger partial charge in [-0.25, -0.2) is 13.1 Å². The van der Waals surface area contributed by atoms with Crippen LogP contribution in [0.5, 0.6) is 0 Å². The zero-order chi connectivity index (χ0) is 15.5. The molecule has 5 heteroatoms. The van der Waals surface area contributed by atoms with Gasteiger partial charge in [0.2, 0.25) is 10.0 Å². The van der Waals surface area contributed by atoms with E-state index < -0.39 is 10.0 Å². The topological polar surface area (TPSA) is 58.2 Å². The average Bonchev–Trinajstić information content (AvgIpc) is 2.35. The number of aryl methyl sites for hydroxylation is 2. The molecule has 1 saturated carbocycles. The van der Waals surface area contributed by atoms with Crippen LogP contribution in [0.2, 0.25) is 0 Å². The first-order chi connectivity index (χ1) is 9.94. The summed E-state index contributed by atoms with van der Waals surface area (Å²) in [6.07, 6.45) is 4.74. The van der Waals surface area contributed by atoms with Crippen LogP contribution in [-0.2, 0) is 16.6 Å². The first-order valence-electron chi connectivity index (χ1n) is 7.68. The van der Waals surface area contributed by atoms with Gasteiger partial charge in [-0.1, -0.05) is 25.3 Å². The van der Waals surface area contributed by atoms with Gasteiger partial charge in [0.15, 0.2) is 0 Å². The Bertz CT molecular complexity index is 593. The molecule has 0 spiro atoms. The molecule has 1 fully saturated rings. The van der Waals surface area contributed by atoms with E-state index >= 15 is 0 Å². The molecule has 0 aromatic heterocycles. The first kappa shape index (κ1) is 16.5. The number of nitrogens with one attached hydrogen (secondary N) is 2. The van der Waals surface area contributed by atoms with E-state index in [9.17, 15) is 8.42 Å². The third kappa shape index (κ3) is 4.05. The summed E-state index contributed by atoms with van der Waals surface area (Å²) in [7, 11) is -1.54. The maximum Gasteiger partial charge on any atom is 0.240 e. The quantitative estimate of drug-likeness (QED) is 0.813. The molecule has 0 atom stereocenters. The van der Waals surface area contributed by atoms with Crippen molar-refractivity contribution in [1.29, 1.82) is 0 Å². The molecular weight excluding hydrogens is 284 g/mol. The number of rotatable bonds is 7. The largest absolute Gasteiger partial charge is 0.316 e. The molecule has 4 nitrogen and oxygen atoms in total. The molecule has 2 rings (SSSR count). The van der Waals surface area contributed by atoms with Crippen LogP contribution in [0, 0.1) is 19.8 Å². The van der Waals surface area contributed by atoms with Crippen LogP contribution in [-0.4, -0.2) is 22.0 Å². The number of hydrogen-bond acceptors (Lipinski definition) is 3. The van der Waals surface area contributed by atoms with Gasteiger partial charge in [-0.2, -0.15) is 0 Å². The normalized spacial score (nSPS) is 16.0. The smallest absolute Gasteiger partial charge is 0.240 e. The number of sulfonamides is 1. The van der Waals surface area contributed by atoms with Crippen molar-refractivity contribution in [2.24, 2.45) is 5.92 Å². The van der Waals surface area contributed by atoms with E-state index in [2.05, 4.69) is 10.0 Å². The minimum Gasteiger partial charge on any atom is -0.316 e. The maximum atomic E-state index is 12.5. The van der Waals surface area contributed by atoms with E-state index in [1.807, 2.05) is 27.0 Å². The van der Waals surface area contributed by atoms with Crippen molar-refractivity contribution in [3.8, 4) is 0 Å². The van der Waals surface area contributed by atoms with Crippen LogP contribution in [0.25, 0.3) is 0 Å². The van der Waals surface area contributed by atoms with Crippen LogP contribution < -0.4 is 10.0 Å². The van der Waals surface area contributed by atoms with Gasteiger partial charge < -0.3 is 5.32 Å². The van der Waals surface area contributed by atoms with E-state index in [1.54, 1.807) is 6.07 Å². The third-order valence-electron chi connectivity index (χ3n) is 4.36. The highest BCUT2D eigenvalue weighted by Crippen LogP contribution is 2.29. The molecule has 0 heterocycles. The van der Waals surface area contributed by atoms with Gasteiger partial charge >= 0.3 is 0 Å². The highest BCUT2D eigenvalue weighted by atomic mass is 32.2. The molecule has 2 N–H and O–H groups in total. The number of hydrogen-bond donors (Lipinski definition) is 2. The average molecular weight is 310 g/mol. The summed E-state index contributed by atoms with van der Waals surface area (Å²) in [5, 5.41) is 3.08. The van der Waals surface area contributed by atoms with E-state index in [-0.39, 0.29) is 0 Å².